The maximum absolute atomic E-state index is 13.8. The van der Waals surface area contributed by atoms with E-state index in [-0.39, 0.29) is 11.6 Å². The van der Waals surface area contributed by atoms with E-state index in [0.717, 1.165) is 36.3 Å². The third-order valence-corrected chi connectivity index (χ3v) is 10.3. The maximum atomic E-state index is 13.8. The maximum Gasteiger partial charge on any atom is 0.196 e. The average molecular weight is 813 g/mol. The lowest BCUT2D eigenvalue weighted by molar-refractivity contribution is 0.103. The fourth-order valence-corrected chi connectivity index (χ4v) is 7.02. The van der Waals surface area contributed by atoms with Crippen molar-refractivity contribution in [2.45, 2.75) is 128 Å². The highest BCUT2D eigenvalue weighted by Gasteiger charge is 2.23. The number of benzene rings is 3. The van der Waals surface area contributed by atoms with Crippen molar-refractivity contribution in [3.63, 3.8) is 0 Å². The van der Waals surface area contributed by atoms with E-state index < -0.39 is 0 Å². The van der Waals surface area contributed by atoms with Gasteiger partial charge < -0.3 is 9.47 Å². The van der Waals surface area contributed by atoms with Gasteiger partial charge in [-0.1, -0.05) is 195 Å². The van der Waals surface area contributed by atoms with Crippen molar-refractivity contribution in [3.8, 4) is 11.5 Å². The van der Waals surface area contributed by atoms with E-state index in [1.165, 1.54) is 103 Å². The third kappa shape index (κ3) is 16.7. The molecule has 3 aromatic rings. The Balaban J connectivity index is 1.63. The molecule has 274 valence electrons. The van der Waals surface area contributed by atoms with Gasteiger partial charge in [0.15, 0.2) is 11.6 Å². The number of halogens is 2. The number of rotatable bonds is 30. The normalized spacial score (nSPS) is 11.1. The summed E-state index contributed by atoms with van der Waals surface area (Å²) >= 11 is 7.02. The first kappa shape index (κ1) is 42.0. The van der Waals surface area contributed by atoms with Crippen LogP contribution in [0.4, 0.5) is 0 Å². The second-order valence-corrected chi connectivity index (χ2v) is 15.0. The second kappa shape index (κ2) is 27.2. The Morgan fingerprint density at radius 3 is 1.02 bits per heavy atom. The Labute approximate surface area is 319 Å². The number of ketones is 2. The SMILES string of the molecule is O=C(c1ccccc1)c1cc(C(=O)c2ccccc2)c(OCCCCCCCCCCCCBr)cc1OCCCCCCCCCCCCBr. The first-order valence-corrected chi connectivity index (χ1v) is 21.6. The van der Waals surface area contributed by atoms with Gasteiger partial charge in [-0.05, 0) is 31.7 Å². The molecule has 0 aliphatic heterocycles. The highest BCUT2D eigenvalue weighted by molar-refractivity contribution is 9.09. The summed E-state index contributed by atoms with van der Waals surface area (Å²) in [5.41, 5.74) is 1.93. The summed E-state index contributed by atoms with van der Waals surface area (Å²) in [4.78, 5) is 27.7. The van der Waals surface area contributed by atoms with Crippen LogP contribution in [0.3, 0.4) is 0 Å². The number of hydrogen-bond donors (Lipinski definition) is 0. The minimum absolute atomic E-state index is 0.159. The number of alkyl halides is 2. The standard InChI is InChI=1S/C44H60Br2O4/c45-31-23-13-9-5-1-3-7-11-15-25-33-49-41-36-42(50-34-26-16-12-8-4-2-6-10-14-24-32-46)40(44(48)38-29-21-18-22-30-38)35-39(41)43(47)37-27-19-17-20-28-37/h17-22,27-30,35-36H,1-16,23-26,31-34H2. The number of carbonyl (C=O) groups excluding carboxylic acids is 2. The predicted molar refractivity (Wildman–Crippen MR) is 217 cm³/mol. The van der Waals surface area contributed by atoms with Crippen LogP contribution in [0.2, 0.25) is 0 Å². The van der Waals surface area contributed by atoms with Crippen LogP contribution < -0.4 is 9.47 Å². The molecule has 3 aromatic carbocycles. The fourth-order valence-electron chi connectivity index (χ4n) is 6.23. The van der Waals surface area contributed by atoms with E-state index in [4.69, 9.17) is 9.47 Å². The summed E-state index contributed by atoms with van der Waals surface area (Å²) in [6, 6.07) is 21.9. The molecule has 0 saturated carbocycles. The van der Waals surface area contributed by atoms with Crippen LogP contribution in [0, 0.1) is 0 Å². The van der Waals surface area contributed by atoms with Gasteiger partial charge in [-0.25, -0.2) is 0 Å². The minimum atomic E-state index is -0.159. The Morgan fingerprint density at radius 2 is 0.700 bits per heavy atom. The van der Waals surface area contributed by atoms with Crippen molar-refractivity contribution in [1.29, 1.82) is 0 Å². The highest BCUT2D eigenvalue weighted by atomic mass is 79.9. The van der Waals surface area contributed by atoms with Gasteiger partial charge in [0.05, 0.1) is 24.3 Å². The lowest BCUT2D eigenvalue weighted by Gasteiger charge is -2.17. The average Bonchev–Trinajstić information content (AvgIpc) is 3.15. The van der Waals surface area contributed by atoms with E-state index in [1.54, 1.807) is 12.1 Å². The van der Waals surface area contributed by atoms with Gasteiger partial charge in [-0.15, -0.1) is 0 Å². The molecule has 0 fully saturated rings. The van der Waals surface area contributed by atoms with Gasteiger partial charge >= 0.3 is 0 Å². The Kier molecular flexibility index (Phi) is 22.9. The van der Waals surface area contributed by atoms with Crippen molar-refractivity contribution < 1.29 is 19.1 Å². The van der Waals surface area contributed by atoms with Crippen LogP contribution in [-0.2, 0) is 0 Å². The number of carbonyl (C=O) groups is 2. The topological polar surface area (TPSA) is 52.6 Å². The molecule has 6 heteroatoms. The van der Waals surface area contributed by atoms with Gasteiger partial charge in [0.2, 0.25) is 0 Å². The summed E-state index contributed by atoms with van der Waals surface area (Å²) in [6.07, 6.45) is 24.7. The molecule has 50 heavy (non-hydrogen) atoms. The third-order valence-electron chi connectivity index (χ3n) is 9.21. The summed E-state index contributed by atoms with van der Waals surface area (Å²) in [5, 5.41) is 2.22. The van der Waals surface area contributed by atoms with Gasteiger partial charge in [0.25, 0.3) is 0 Å². The zero-order chi connectivity index (χ0) is 35.5. The molecule has 0 radical (unpaired) electrons. The molecule has 0 amide bonds. The molecule has 0 aliphatic rings. The van der Waals surface area contributed by atoms with Crippen LogP contribution in [-0.4, -0.2) is 35.4 Å². The fraction of sp³-hybridized carbons (Fsp3) is 0.545. The first-order chi connectivity index (χ1) is 24.7. The summed E-state index contributed by atoms with van der Waals surface area (Å²) in [5.74, 6) is 0.651. The van der Waals surface area contributed by atoms with Crippen molar-refractivity contribution in [1.82, 2.24) is 0 Å². The van der Waals surface area contributed by atoms with Crippen molar-refractivity contribution in [3.05, 3.63) is 95.1 Å². The molecule has 0 bridgehead atoms. The summed E-state index contributed by atoms with van der Waals surface area (Å²) in [7, 11) is 0. The van der Waals surface area contributed by atoms with Crippen molar-refractivity contribution >= 4 is 43.4 Å². The zero-order valence-corrected chi connectivity index (χ0v) is 33.5. The molecular formula is C44H60Br2O4. The van der Waals surface area contributed by atoms with E-state index >= 15 is 0 Å². The highest BCUT2D eigenvalue weighted by Crippen LogP contribution is 2.33. The van der Waals surface area contributed by atoms with Crippen LogP contribution >= 0.6 is 31.9 Å². The van der Waals surface area contributed by atoms with Crippen molar-refractivity contribution in [2.75, 3.05) is 23.9 Å². The molecule has 0 saturated heterocycles. The minimum Gasteiger partial charge on any atom is -0.493 e. The van der Waals surface area contributed by atoms with Gasteiger partial charge in [-0.3, -0.25) is 9.59 Å². The molecule has 0 aliphatic carbocycles. The summed E-state index contributed by atoms with van der Waals surface area (Å²) < 4.78 is 12.7. The second-order valence-electron chi connectivity index (χ2n) is 13.4. The molecule has 0 N–H and O–H groups in total. The summed E-state index contributed by atoms with van der Waals surface area (Å²) in [6.45, 7) is 1.03. The Morgan fingerprint density at radius 1 is 0.400 bits per heavy atom. The molecule has 0 spiro atoms. The number of ether oxygens (including phenoxy) is 2. The molecule has 0 aromatic heterocycles. The predicted octanol–water partition coefficient (Wildman–Crippen LogP) is 13.5. The monoisotopic (exact) mass is 810 g/mol. The largest absolute Gasteiger partial charge is 0.493 e. The van der Waals surface area contributed by atoms with Crippen LogP contribution in [0.25, 0.3) is 0 Å². The first-order valence-electron chi connectivity index (χ1n) is 19.4. The lowest BCUT2D eigenvalue weighted by Crippen LogP contribution is -2.12. The van der Waals surface area contributed by atoms with Gasteiger partial charge in [-0.2, -0.15) is 0 Å². The quantitative estimate of drug-likeness (QED) is 0.0382. The van der Waals surface area contributed by atoms with E-state index in [1.807, 2.05) is 60.7 Å². The zero-order valence-electron chi connectivity index (χ0n) is 30.3. The van der Waals surface area contributed by atoms with Gasteiger partial charge in [0, 0.05) is 27.9 Å². The van der Waals surface area contributed by atoms with E-state index in [2.05, 4.69) is 31.9 Å². The molecule has 4 nitrogen and oxygen atoms in total. The number of hydrogen-bond acceptors (Lipinski definition) is 4. The molecule has 0 unspecified atom stereocenters. The van der Waals surface area contributed by atoms with Crippen molar-refractivity contribution in [2.24, 2.45) is 0 Å². The van der Waals surface area contributed by atoms with Crippen LogP contribution in [0.15, 0.2) is 72.8 Å². The van der Waals surface area contributed by atoms with Gasteiger partial charge in [0.1, 0.15) is 11.5 Å². The molecular weight excluding hydrogens is 752 g/mol. The Hall–Kier alpha value is -2.44. The van der Waals surface area contributed by atoms with E-state index in [9.17, 15) is 9.59 Å². The Bertz CT molecular complexity index is 1230. The smallest absolute Gasteiger partial charge is 0.196 e. The lowest BCUT2D eigenvalue weighted by atomic mass is 9.95. The van der Waals surface area contributed by atoms with E-state index in [0.29, 0.717) is 47.0 Å². The molecule has 0 atom stereocenters. The van der Waals surface area contributed by atoms with Crippen LogP contribution in [0.5, 0.6) is 11.5 Å². The van der Waals surface area contributed by atoms with Crippen LogP contribution in [0.1, 0.15) is 160 Å². The molecule has 0 heterocycles. The molecule has 3 rings (SSSR count). The number of unbranched alkanes of at least 4 members (excludes halogenated alkanes) is 18.